The fourth-order valence-corrected chi connectivity index (χ4v) is 2.77. The Balaban J connectivity index is 1.64. The van der Waals surface area contributed by atoms with Crippen molar-refractivity contribution in [2.45, 2.75) is 32.2 Å². The van der Waals surface area contributed by atoms with Crippen molar-refractivity contribution >= 4 is 17.5 Å². The molecule has 5 heteroatoms. The molecule has 0 saturated heterocycles. The van der Waals surface area contributed by atoms with Crippen molar-refractivity contribution in [1.82, 2.24) is 5.32 Å². The monoisotopic (exact) mass is 338 g/mol. The van der Waals surface area contributed by atoms with Gasteiger partial charge in [-0.25, -0.2) is 0 Å². The molecule has 5 nitrogen and oxygen atoms in total. The number of fused-ring (bicyclic) bond motifs is 1. The third-order valence-corrected chi connectivity index (χ3v) is 4.21. The van der Waals surface area contributed by atoms with E-state index >= 15 is 0 Å². The Bertz CT molecular complexity index is 785. The first-order chi connectivity index (χ1) is 11.9. The molecular formula is C20H22N2O3. The summed E-state index contributed by atoms with van der Waals surface area (Å²) >= 11 is 0. The van der Waals surface area contributed by atoms with Crippen LogP contribution >= 0.6 is 0 Å². The fraction of sp³-hybridized carbons (Fsp3) is 0.300. The molecule has 0 unspecified atom stereocenters. The molecule has 0 bridgehead atoms. The molecule has 0 fully saturated rings. The van der Waals surface area contributed by atoms with Gasteiger partial charge in [0, 0.05) is 11.1 Å². The number of hydrogen-bond donors (Lipinski definition) is 2. The Morgan fingerprint density at radius 1 is 1.20 bits per heavy atom. The Hall–Kier alpha value is -2.82. The molecule has 0 aliphatic carbocycles. The normalized spacial score (nSPS) is 13.4. The molecular weight excluding hydrogens is 316 g/mol. The summed E-state index contributed by atoms with van der Waals surface area (Å²) in [6.45, 7) is 4.03. The number of rotatable bonds is 5. The van der Waals surface area contributed by atoms with Crippen LogP contribution in [0, 0.1) is 0 Å². The maximum atomic E-state index is 12.6. The zero-order valence-electron chi connectivity index (χ0n) is 14.5. The van der Waals surface area contributed by atoms with Gasteiger partial charge in [-0.2, -0.15) is 0 Å². The molecule has 2 N–H and O–H groups in total. The Morgan fingerprint density at radius 2 is 1.96 bits per heavy atom. The number of carbonyl (C=O) groups excluding carboxylic acids is 2. The van der Waals surface area contributed by atoms with Crippen molar-refractivity contribution in [2.75, 3.05) is 11.9 Å². The molecule has 0 spiro atoms. The molecule has 3 rings (SSSR count). The van der Waals surface area contributed by atoms with E-state index < -0.39 is 0 Å². The summed E-state index contributed by atoms with van der Waals surface area (Å²) in [5.41, 5.74) is 1.93. The number of amides is 2. The van der Waals surface area contributed by atoms with Crippen LogP contribution in [0.5, 0.6) is 5.75 Å². The highest BCUT2D eigenvalue weighted by molar-refractivity contribution is 6.00. The van der Waals surface area contributed by atoms with Crippen molar-refractivity contribution in [1.29, 1.82) is 0 Å². The first-order valence-corrected chi connectivity index (χ1v) is 8.36. The van der Waals surface area contributed by atoms with Gasteiger partial charge in [-0.05, 0) is 50.5 Å². The zero-order chi connectivity index (χ0) is 17.9. The molecule has 25 heavy (non-hydrogen) atoms. The average Bonchev–Trinajstić information content (AvgIpc) is 2.60. The number of hydrogen-bond acceptors (Lipinski definition) is 3. The second-order valence-corrected chi connectivity index (χ2v) is 6.87. The van der Waals surface area contributed by atoms with E-state index in [2.05, 4.69) is 22.8 Å². The van der Waals surface area contributed by atoms with E-state index in [0.29, 0.717) is 17.0 Å². The third kappa shape index (κ3) is 4.38. The number of ether oxygens (including phenoxy) is 1. The zero-order valence-corrected chi connectivity index (χ0v) is 14.5. The van der Waals surface area contributed by atoms with Crippen LogP contribution in [0.3, 0.4) is 0 Å². The van der Waals surface area contributed by atoms with Gasteiger partial charge >= 0.3 is 0 Å². The lowest BCUT2D eigenvalue weighted by molar-refractivity contribution is -0.118. The van der Waals surface area contributed by atoms with Crippen molar-refractivity contribution in [2.24, 2.45) is 0 Å². The lowest BCUT2D eigenvalue weighted by Gasteiger charge is -2.27. The van der Waals surface area contributed by atoms with Crippen LogP contribution in [0.2, 0.25) is 0 Å². The molecule has 130 valence electrons. The maximum Gasteiger partial charge on any atom is 0.262 e. The minimum absolute atomic E-state index is 0.00502. The first-order valence-electron chi connectivity index (χ1n) is 8.36. The van der Waals surface area contributed by atoms with Gasteiger partial charge < -0.3 is 15.4 Å². The van der Waals surface area contributed by atoms with Crippen LogP contribution in [0.4, 0.5) is 5.69 Å². The van der Waals surface area contributed by atoms with Gasteiger partial charge in [0.05, 0.1) is 5.69 Å². The minimum Gasteiger partial charge on any atom is -0.482 e. The smallest absolute Gasteiger partial charge is 0.262 e. The van der Waals surface area contributed by atoms with Gasteiger partial charge in [0.15, 0.2) is 6.61 Å². The lowest BCUT2D eigenvalue weighted by Crippen LogP contribution is -2.43. The first kappa shape index (κ1) is 17.0. The van der Waals surface area contributed by atoms with Crippen molar-refractivity contribution < 1.29 is 14.3 Å². The van der Waals surface area contributed by atoms with Crippen LogP contribution in [0.15, 0.2) is 48.5 Å². The highest BCUT2D eigenvalue weighted by Crippen LogP contribution is 2.28. The van der Waals surface area contributed by atoms with E-state index in [1.165, 1.54) is 5.56 Å². The average molecular weight is 338 g/mol. The summed E-state index contributed by atoms with van der Waals surface area (Å²) in [5.74, 6) is 0.202. The van der Waals surface area contributed by atoms with Crippen molar-refractivity contribution in [3.8, 4) is 5.75 Å². The van der Waals surface area contributed by atoms with Crippen LogP contribution in [-0.2, 0) is 11.2 Å². The van der Waals surface area contributed by atoms with Crippen molar-refractivity contribution in [3.63, 3.8) is 0 Å². The van der Waals surface area contributed by atoms with Gasteiger partial charge in [-0.15, -0.1) is 0 Å². The number of benzene rings is 2. The molecule has 1 heterocycles. The standard InChI is InChI=1S/C20H22N2O3/c1-20(2,11-10-14-6-4-3-5-7-14)22-19(24)15-8-9-17-16(12-15)21-18(23)13-25-17/h3-9,12H,10-11,13H2,1-2H3,(H,21,23)(H,22,24). The molecule has 0 aromatic heterocycles. The van der Waals surface area contributed by atoms with Gasteiger partial charge in [0.1, 0.15) is 5.75 Å². The minimum atomic E-state index is -0.345. The summed E-state index contributed by atoms with van der Waals surface area (Å²) in [6.07, 6.45) is 1.72. The summed E-state index contributed by atoms with van der Waals surface area (Å²) in [6, 6.07) is 15.3. The molecule has 2 aromatic carbocycles. The highest BCUT2D eigenvalue weighted by Gasteiger charge is 2.23. The molecule has 0 atom stereocenters. The van der Waals surface area contributed by atoms with E-state index in [4.69, 9.17) is 4.74 Å². The molecule has 2 aromatic rings. The number of carbonyl (C=O) groups is 2. The van der Waals surface area contributed by atoms with E-state index in [1.54, 1.807) is 18.2 Å². The number of anilines is 1. The van der Waals surface area contributed by atoms with E-state index in [-0.39, 0.29) is 24.0 Å². The van der Waals surface area contributed by atoms with Gasteiger partial charge in [-0.3, -0.25) is 9.59 Å². The number of nitrogens with one attached hydrogen (secondary N) is 2. The highest BCUT2D eigenvalue weighted by atomic mass is 16.5. The Morgan fingerprint density at radius 3 is 2.72 bits per heavy atom. The molecule has 0 saturated carbocycles. The van der Waals surface area contributed by atoms with E-state index in [1.807, 2.05) is 32.0 Å². The SMILES string of the molecule is CC(C)(CCc1ccccc1)NC(=O)c1ccc2c(c1)NC(=O)CO2. The van der Waals surface area contributed by atoms with Gasteiger partial charge in [0.25, 0.3) is 11.8 Å². The quantitative estimate of drug-likeness (QED) is 0.880. The predicted octanol–water partition coefficient (Wildman–Crippen LogP) is 3.16. The fourth-order valence-electron chi connectivity index (χ4n) is 2.77. The van der Waals surface area contributed by atoms with Crippen LogP contribution in [-0.4, -0.2) is 24.0 Å². The van der Waals surface area contributed by atoms with Gasteiger partial charge in [-0.1, -0.05) is 30.3 Å². The van der Waals surface area contributed by atoms with E-state index in [0.717, 1.165) is 12.8 Å². The second-order valence-electron chi connectivity index (χ2n) is 6.87. The van der Waals surface area contributed by atoms with Crippen LogP contribution in [0.1, 0.15) is 36.2 Å². The summed E-state index contributed by atoms with van der Waals surface area (Å²) in [5, 5.41) is 5.79. The number of aryl methyl sites for hydroxylation is 1. The lowest BCUT2D eigenvalue weighted by atomic mass is 9.94. The Labute approximate surface area is 147 Å². The second kappa shape index (κ2) is 6.97. The maximum absolute atomic E-state index is 12.6. The third-order valence-electron chi connectivity index (χ3n) is 4.21. The van der Waals surface area contributed by atoms with E-state index in [9.17, 15) is 9.59 Å². The largest absolute Gasteiger partial charge is 0.482 e. The van der Waals surface area contributed by atoms with Crippen molar-refractivity contribution in [3.05, 3.63) is 59.7 Å². The molecule has 2 amide bonds. The molecule has 1 aliphatic rings. The summed E-state index contributed by atoms with van der Waals surface area (Å²) in [7, 11) is 0. The Kier molecular flexibility index (Phi) is 4.74. The molecule has 0 radical (unpaired) electrons. The predicted molar refractivity (Wildman–Crippen MR) is 96.9 cm³/mol. The molecule has 1 aliphatic heterocycles. The topological polar surface area (TPSA) is 67.4 Å². The van der Waals surface area contributed by atoms with Gasteiger partial charge in [0.2, 0.25) is 0 Å². The van der Waals surface area contributed by atoms with Crippen LogP contribution in [0.25, 0.3) is 0 Å². The summed E-state index contributed by atoms with van der Waals surface area (Å²) < 4.78 is 5.32. The summed E-state index contributed by atoms with van der Waals surface area (Å²) in [4.78, 5) is 24.0. The van der Waals surface area contributed by atoms with Crippen LogP contribution < -0.4 is 15.4 Å².